The molecule has 0 saturated carbocycles. The molecule has 1 aromatic carbocycles. The summed E-state index contributed by atoms with van der Waals surface area (Å²) in [6.45, 7) is 7.56. The number of likely N-dealkylation sites (tertiary alicyclic amines) is 1. The molecule has 2 aliphatic heterocycles. The number of halogens is 1. The van der Waals surface area contributed by atoms with Gasteiger partial charge in [-0.05, 0) is 43.9 Å². The summed E-state index contributed by atoms with van der Waals surface area (Å²) in [7, 11) is 0. The zero-order chi connectivity index (χ0) is 19.9. The number of hydrogen-bond donors (Lipinski definition) is 3. The average Bonchev–Trinajstić information content (AvgIpc) is 2.69. The molecule has 0 aliphatic carbocycles. The third-order valence-corrected chi connectivity index (χ3v) is 6.00. The molecule has 2 saturated heterocycles. The lowest BCUT2D eigenvalue weighted by molar-refractivity contribution is -1.00. The van der Waals surface area contributed by atoms with Gasteiger partial charge in [0.05, 0.1) is 0 Å². The molecule has 0 radical (unpaired) electrons. The number of nitrogens with one attached hydrogen (secondary N) is 3. The fraction of sp³-hybridized carbons (Fsp3) is 0.619. The van der Waals surface area contributed by atoms with Crippen LogP contribution in [0.3, 0.4) is 0 Å². The largest absolute Gasteiger partial charge is 0.335 e. The quantitative estimate of drug-likeness (QED) is 0.602. The van der Waals surface area contributed by atoms with Gasteiger partial charge in [0, 0.05) is 18.3 Å². The fourth-order valence-electron chi connectivity index (χ4n) is 4.38. The van der Waals surface area contributed by atoms with E-state index in [1.54, 1.807) is 12.1 Å². The van der Waals surface area contributed by atoms with Gasteiger partial charge in [-0.15, -0.1) is 0 Å². The highest BCUT2D eigenvalue weighted by Crippen LogP contribution is 2.19. The molecule has 0 spiro atoms. The van der Waals surface area contributed by atoms with Crippen LogP contribution < -0.4 is 15.1 Å². The highest BCUT2D eigenvalue weighted by molar-refractivity contribution is 5.91. The van der Waals surface area contributed by atoms with E-state index in [2.05, 4.69) is 17.1 Å². The number of carbonyl (C=O) groups is 2. The molecule has 2 fully saturated rings. The van der Waals surface area contributed by atoms with Gasteiger partial charge in [-0.3, -0.25) is 9.59 Å². The summed E-state index contributed by atoms with van der Waals surface area (Å²) in [5.41, 5.74) is 0.492. The lowest BCUT2D eigenvalue weighted by Crippen LogP contribution is -3.28. The summed E-state index contributed by atoms with van der Waals surface area (Å²) in [5, 5.41) is 2.76. The maximum Gasteiger partial charge on any atom is 0.279 e. The number of benzene rings is 1. The van der Waals surface area contributed by atoms with E-state index in [4.69, 9.17) is 0 Å². The van der Waals surface area contributed by atoms with E-state index in [9.17, 15) is 14.0 Å². The van der Waals surface area contributed by atoms with Crippen LogP contribution in [0.4, 0.5) is 10.1 Å². The molecule has 0 aromatic heterocycles. The van der Waals surface area contributed by atoms with Crippen molar-refractivity contribution in [3.05, 3.63) is 30.1 Å². The maximum atomic E-state index is 13.2. The van der Waals surface area contributed by atoms with Crippen molar-refractivity contribution < 1.29 is 23.8 Å². The van der Waals surface area contributed by atoms with Crippen LogP contribution in [0.25, 0.3) is 0 Å². The zero-order valence-electron chi connectivity index (χ0n) is 16.8. The predicted octanol–water partition coefficient (Wildman–Crippen LogP) is -0.661. The minimum Gasteiger partial charge on any atom is -0.335 e. The van der Waals surface area contributed by atoms with E-state index < -0.39 is 0 Å². The van der Waals surface area contributed by atoms with Crippen molar-refractivity contribution in [1.82, 2.24) is 4.90 Å². The fourth-order valence-corrected chi connectivity index (χ4v) is 4.38. The van der Waals surface area contributed by atoms with Gasteiger partial charge in [0.15, 0.2) is 13.1 Å². The molecule has 6 nitrogen and oxygen atoms in total. The second-order valence-corrected chi connectivity index (χ2v) is 8.06. The number of piperidine rings is 1. The molecule has 0 bridgehead atoms. The van der Waals surface area contributed by atoms with E-state index in [0.29, 0.717) is 24.8 Å². The zero-order valence-corrected chi connectivity index (χ0v) is 16.8. The van der Waals surface area contributed by atoms with Crippen molar-refractivity contribution in [3.8, 4) is 0 Å². The summed E-state index contributed by atoms with van der Waals surface area (Å²) in [6, 6.07) is 6.37. The Hall–Kier alpha value is -1.99. The molecule has 3 N–H and O–H groups in total. The van der Waals surface area contributed by atoms with Crippen LogP contribution in [0.2, 0.25) is 0 Å². The molecule has 1 aromatic rings. The smallest absolute Gasteiger partial charge is 0.279 e. The molecule has 28 heavy (non-hydrogen) atoms. The van der Waals surface area contributed by atoms with Gasteiger partial charge in [0.2, 0.25) is 0 Å². The Morgan fingerprint density at radius 2 is 1.86 bits per heavy atom. The third-order valence-electron chi connectivity index (χ3n) is 6.00. The van der Waals surface area contributed by atoms with Gasteiger partial charge in [-0.25, -0.2) is 4.39 Å². The number of carbonyl (C=O) groups excluding carboxylic acids is 2. The Morgan fingerprint density at radius 3 is 2.54 bits per heavy atom. The highest BCUT2D eigenvalue weighted by Gasteiger charge is 2.31. The average molecular weight is 393 g/mol. The van der Waals surface area contributed by atoms with Gasteiger partial charge in [-0.2, -0.15) is 0 Å². The minimum absolute atomic E-state index is 0.0979. The van der Waals surface area contributed by atoms with Gasteiger partial charge in [-0.1, -0.05) is 13.0 Å². The first-order chi connectivity index (χ1) is 13.5. The lowest BCUT2D eigenvalue weighted by atomic mass is 10.00. The number of amides is 2. The number of rotatable bonds is 6. The summed E-state index contributed by atoms with van der Waals surface area (Å²) >= 11 is 0. The topological polar surface area (TPSA) is 58.3 Å². The highest BCUT2D eigenvalue weighted by atomic mass is 19.1. The first kappa shape index (κ1) is 20.7. The molecule has 0 unspecified atom stereocenters. The van der Waals surface area contributed by atoms with Crippen molar-refractivity contribution in [1.29, 1.82) is 0 Å². The Kier molecular flexibility index (Phi) is 7.39. The van der Waals surface area contributed by atoms with Crippen molar-refractivity contribution in [2.24, 2.45) is 0 Å². The number of nitrogens with zero attached hydrogens (tertiary/aromatic N) is 1. The Morgan fingerprint density at radius 1 is 1.14 bits per heavy atom. The van der Waals surface area contributed by atoms with Crippen LogP contribution in [0, 0.1) is 5.82 Å². The summed E-state index contributed by atoms with van der Waals surface area (Å²) < 4.78 is 13.2. The van der Waals surface area contributed by atoms with E-state index in [1.165, 1.54) is 28.4 Å². The van der Waals surface area contributed by atoms with Crippen molar-refractivity contribution in [2.45, 2.75) is 38.6 Å². The Bertz CT molecular complexity index is 676. The normalized spacial score (nSPS) is 25.4. The lowest BCUT2D eigenvalue weighted by Gasteiger charge is -2.36. The third kappa shape index (κ3) is 5.75. The van der Waals surface area contributed by atoms with Gasteiger partial charge >= 0.3 is 0 Å². The molecular formula is C21H33FN4O2+2. The monoisotopic (exact) mass is 392 g/mol. The van der Waals surface area contributed by atoms with Gasteiger partial charge in [0.25, 0.3) is 11.8 Å². The SMILES string of the molecule is CC[C@@H]1CCCCN1C(=O)C[NH+]1CC[NH+](CC(=O)Nc2cccc(F)c2)CC1. The first-order valence-electron chi connectivity index (χ1n) is 10.6. The molecular weight excluding hydrogens is 359 g/mol. The van der Waals surface area contributed by atoms with Crippen LogP contribution in [0.5, 0.6) is 0 Å². The van der Waals surface area contributed by atoms with Gasteiger partial charge < -0.3 is 20.0 Å². The second kappa shape index (κ2) is 9.98. The second-order valence-electron chi connectivity index (χ2n) is 8.06. The van der Waals surface area contributed by atoms with E-state index in [0.717, 1.165) is 52.0 Å². The van der Waals surface area contributed by atoms with Crippen LogP contribution in [0.15, 0.2) is 24.3 Å². The molecule has 1 atom stereocenters. The Balaban J connectivity index is 1.40. The minimum atomic E-state index is -0.356. The predicted molar refractivity (Wildman–Crippen MR) is 106 cm³/mol. The molecule has 2 aliphatic rings. The van der Waals surface area contributed by atoms with Crippen LogP contribution >= 0.6 is 0 Å². The van der Waals surface area contributed by atoms with E-state index >= 15 is 0 Å². The summed E-state index contributed by atoms with van der Waals surface area (Å²) in [5.74, 6) is -0.167. The first-order valence-corrected chi connectivity index (χ1v) is 10.6. The van der Waals surface area contributed by atoms with Crippen molar-refractivity contribution >= 4 is 17.5 Å². The number of piperazine rings is 1. The summed E-state index contributed by atoms with van der Waals surface area (Å²) in [6.07, 6.45) is 4.53. The van der Waals surface area contributed by atoms with Crippen LogP contribution in [-0.4, -0.2) is 68.6 Å². The van der Waals surface area contributed by atoms with Crippen molar-refractivity contribution in [2.75, 3.05) is 51.1 Å². The molecule has 2 heterocycles. The number of quaternary nitrogens is 2. The molecule has 154 valence electrons. The molecule has 2 amide bonds. The van der Waals surface area contributed by atoms with E-state index in [-0.39, 0.29) is 17.6 Å². The standard InChI is InChI=1S/C21H31FN4O2/c1-2-19-8-3-4-9-26(19)21(28)16-25-12-10-24(11-13-25)15-20(27)23-18-7-5-6-17(22)14-18/h5-7,14,19H,2-4,8-13,15-16H2,1H3,(H,23,27)/p+2/t19-/m1/s1. The summed E-state index contributed by atoms with van der Waals surface area (Å²) in [4.78, 5) is 29.6. The Labute approximate surface area is 166 Å². The number of hydrogen-bond acceptors (Lipinski definition) is 2. The number of anilines is 1. The van der Waals surface area contributed by atoms with E-state index in [1.807, 2.05) is 0 Å². The van der Waals surface area contributed by atoms with Gasteiger partial charge in [0.1, 0.15) is 32.0 Å². The maximum absolute atomic E-state index is 13.2. The van der Waals surface area contributed by atoms with Crippen molar-refractivity contribution in [3.63, 3.8) is 0 Å². The van der Waals surface area contributed by atoms with Crippen LogP contribution in [0.1, 0.15) is 32.6 Å². The van der Waals surface area contributed by atoms with Crippen LogP contribution in [-0.2, 0) is 9.59 Å². The molecule has 3 rings (SSSR count). The molecule has 7 heteroatoms.